The second-order valence-electron chi connectivity index (χ2n) is 3.97. The van der Waals surface area contributed by atoms with E-state index in [0.717, 1.165) is 5.56 Å². The molecule has 1 radical (unpaired) electrons. The molecule has 0 saturated carbocycles. The van der Waals surface area contributed by atoms with Crippen molar-refractivity contribution in [2.45, 2.75) is 39.5 Å². The largest absolute Gasteiger partial charge is 0.206 e. The topological polar surface area (TPSA) is 0 Å². The summed E-state index contributed by atoms with van der Waals surface area (Å²) in [5, 5.41) is 0. The van der Waals surface area contributed by atoms with Crippen LogP contribution in [0.5, 0.6) is 0 Å². The molecule has 0 aliphatic heterocycles. The third-order valence-electron chi connectivity index (χ3n) is 2.19. The highest BCUT2D eigenvalue weighted by atomic mass is 19.1. The van der Waals surface area contributed by atoms with Gasteiger partial charge in [-0.1, -0.05) is 39.8 Å². The predicted octanol–water partition coefficient (Wildman–Crippen LogP) is 3.87. The van der Waals surface area contributed by atoms with Gasteiger partial charge in [-0.05, 0) is 29.0 Å². The van der Waals surface area contributed by atoms with Crippen LogP contribution in [0.4, 0.5) is 4.39 Å². The molecule has 71 valence electrons. The molecule has 0 spiro atoms. The summed E-state index contributed by atoms with van der Waals surface area (Å²) in [6, 6.07) is 6.58. The van der Waals surface area contributed by atoms with Crippen molar-refractivity contribution in [2.75, 3.05) is 0 Å². The lowest BCUT2D eigenvalue weighted by atomic mass is 9.95. The molecule has 0 fully saturated rings. The molecule has 1 heteroatoms. The summed E-state index contributed by atoms with van der Waals surface area (Å²) >= 11 is 0. The first kappa shape index (κ1) is 10.2. The van der Waals surface area contributed by atoms with Gasteiger partial charge in [-0.25, -0.2) is 4.39 Å². The van der Waals surface area contributed by atoms with E-state index < -0.39 is 0 Å². The first-order valence-electron chi connectivity index (χ1n) is 4.74. The molecule has 0 aliphatic rings. The number of halogens is 1. The monoisotopic (exact) mass is 179 g/mol. The first-order chi connectivity index (χ1) is 6.04. The van der Waals surface area contributed by atoms with Gasteiger partial charge in [0.25, 0.3) is 0 Å². The zero-order chi connectivity index (χ0) is 10.0. The van der Waals surface area contributed by atoms with Crippen LogP contribution in [0.3, 0.4) is 0 Å². The van der Waals surface area contributed by atoms with E-state index in [2.05, 4.69) is 6.07 Å². The molecule has 1 aromatic rings. The highest BCUT2D eigenvalue weighted by Gasteiger charge is 2.12. The fourth-order valence-corrected chi connectivity index (χ4v) is 1.38. The van der Waals surface area contributed by atoms with Gasteiger partial charge in [-0.3, -0.25) is 0 Å². The van der Waals surface area contributed by atoms with Crippen LogP contribution in [-0.4, -0.2) is 0 Å². The van der Waals surface area contributed by atoms with Gasteiger partial charge in [0, 0.05) is 0 Å². The van der Waals surface area contributed by atoms with E-state index in [4.69, 9.17) is 0 Å². The summed E-state index contributed by atoms with van der Waals surface area (Å²) in [6.07, 6.45) is 0. The van der Waals surface area contributed by atoms with Crippen molar-refractivity contribution in [2.24, 2.45) is 0 Å². The summed E-state index contributed by atoms with van der Waals surface area (Å²) in [6.45, 7) is 7.98. The van der Waals surface area contributed by atoms with E-state index >= 15 is 0 Å². The minimum Gasteiger partial charge on any atom is -0.206 e. The molecule has 0 unspecified atom stereocenters. The van der Waals surface area contributed by atoms with Crippen molar-refractivity contribution in [3.05, 3.63) is 35.1 Å². The van der Waals surface area contributed by atoms with E-state index in [9.17, 15) is 4.39 Å². The summed E-state index contributed by atoms with van der Waals surface area (Å²) in [4.78, 5) is 0. The molecule has 0 heterocycles. The Kier molecular flexibility index (Phi) is 3.07. The van der Waals surface area contributed by atoms with Crippen LogP contribution in [0.25, 0.3) is 0 Å². The number of hydrogen-bond acceptors (Lipinski definition) is 0. The first-order valence-corrected chi connectivity index (χ1v) is 4.74. The molecule has 0 atom stereocenters. The van der Waals surface area contributed by atoms with Crippen LogP contribution in [0.15, 0.2) is 12.1 Å². The SMILES string of the molecule is CC(C)c1[c]ccc(C(C)C)c1F. The smallest absolute Gasteiger partial charge is 0.130 e. The van der Waals surface area contributed by atoms with Gasteiger partial charge in [0.05, 0.1) is 0 Å². The minimum atomic E-state index is -0.0764. The molecule has 1 rings (SSSR count). The third-order valence-corrected chi connectivity index (χ3v) is 2.19. The molecule has 0 N–H and O–H groups in total. The summed E-state index contributed by atoms with van der Waals surface area (Å²) < 4.78 is 13.7. The van der Waals surface area contributed by atoms with Gasteiger partial charge in [0.2, 0.25) is 0 Å². The van der Waals surface area contributed by atoms with Crippen LogP contribution in [0, 0.1) is 11.9 Å². The van der Waals surface area contributed by atoms with Crippen molar-refractivity contribution in [3.8, 4) is 0 Å². The molecule has 0 bridgehead atoms. The van der Waals surface area contributed by atoms with Crippen LogP contribution in [-0.2, 0) is 0 Å². The summed E-state index contributed by atoms with van der Waals surface area (Å²) in [5.74, 6) is 0.373. The fourth-order valence-electron chi connectivity index (χ4n) is 1.38. The normalized spacial score (nSPS) is 11.3. The van der Waals surface area contributed by atoms with E-state index in [-0.39, 0.29) is 17.7 Å². The minimum absolute atomic E-state index is 0.0764. The van der Waals surface area contributed by atoms with E-state index in [0.29, 0.717) is 5.56 Å². The van der Waals surface area contributed by atoms with Crippen LogP contribution >= 0.6 is 0 Å². The molecule has 0 nitrogen and oxygen atoms in total. The Balaban J connectivity index is 3.18. The third kappa shape index (κ3) is 2.09. The highest BCUT2D eigenvalue weighted by Crippen LogP contribution is 2.25. The van der Waals surface area contributed by atoms with Gasteiger partial charge in [-0.15, -0.1) is 0 Å². The van der Waals surface area contributed by atoms with Crippen molar-refractivity contribution in [1.82, 2.24) is 0 Å². The Bertz CT molecular complexity index is 261. The maximum absolute atomic E-state index is 13.7. The van der Waals surface area contributed by atoms with Crippen molar-refractivity contribution in [3.63, 3.8) is 0 Å². The van der Waals surface area contributed by atoms with Crippen LogP contribution in [0.1, 0.15) is 50.7 Å². The fraction of sp³-hybridized carbons (Fsp3) is 0.500. The molecule has 0 aromatic heterocycles. The second kappa shape index (κ2) is 3.91. The Morgan fingerprint density at radius 1 is 1.15 bits per heavy atom. The van der Waals surface area contributed by atoms with E-state index in [1.807, 2.05) is 39.8 Å². The molecular formula is C12H16F. The van der Waals surface area contributed by atoms with Crippen molar-refractivity contribution >= 4 is 0 Å². The zero-order valence-electron chi connectivity index (χ0n) is 8.69. The number of rotatable bonds is 2. The second-order valence-corrected chi connectivity index (χ2v) is 3.97. The number of hydrogen-bond donors (Lipinski definition) is 0. The Labute approximate surface area is 79.8 Å². The molecule has 13 heavy (non-hydrogen) atoms. The van der Waals surface area contributed by atoms with Gasteiger partial charge in [0.1, 0.15) is 5.82 Å². The zero-order valence-corrected chi connectivity index (χ0v) is 8.69. The molecule has 0 aliphatic carbocycles. The predicted molar refractivity (Wildman–Crippen MR) is 53.4 cm³/mol. The van der Waals surface area contributed by atoms with Gasteiger partial charge in [-0.2, -0.15) is 0 Å². The Hall–Kier alpha value is -0.850. The summed E-state index contributed by atoms with van der Waals surface area (Å²) in [5.41, 5.74) is 1.49. The maximum Gasteiger partial charge on any atom is 0.130 e. The van der Waals surface area contributed by atoms with Crippen molar-refractivity contribution in [1.29, 1.82) is 0 Å². The van der Waals surface area contributed by atoms with Gasteiger partial charge >= 0.3 is 0 Å². The van der Waals surface area contributed by atoms with Crippen molar-refractivity contribution < 1.29 is 4.39 Å². The molecule has 0 amide bonds. The molecular weight excluding hydrogens is 163 g/mol. The Morgan fingerprint density at radius 2 is 1.77 bits per heavy atom. The standard InChI is InChI=1S/C12H16F/c1-8(2)10-6-5-7-11(9(3)4)12(10)13/h5-6,8-9H,1-4H3. The van der Waals surface area contributed by atoms with Gasteiger partial charge in [0.15, 0.2) is 0 Å². The number of benzene rings is 1. The summed E-state index contributed by atoms with van der Waals surface area (Å²) in [7, 11) is 0. The molecule has 0 saturated heterocycles. The van der Waals surface area contributed by atoms with E-state index in [1.54, 1.807) is 0 Å². The average molecular weight is 179 g/mol. The van der Waals surface area contributed by atoms with Crippen LogP contribution < -0.4 is 0 Å². The lowest BCUT2D eigenvalue weighted by molar-refractivity contribution is 0.572. The quantitative estimate of drug-likeness (QED) is 0.646. The average Bonchev–Trinajstić information content (AvgIpc) is 2.03. The maximum atomic E-state index is 13.7. The molecule has 1 aromatic carbocycles. The van der Waals surface area contributed by atoms with Crippen LogP contribution in [0.2, 0.25) is 0 Å². The Morgan fingerprint density at radius 3 is 2.23 bits per heavy atom. The van der Waals surface area contributed by atoms with E-state index in [1.165, 1.54) is 0 Å². The lowest BCUT2D eigenvalue weighted by Gasteiger charge is -2.12. The van der Waals surface area contributed by atoms with Gasteiger partial charge < -0.3 is 0 Å². The lowest BCUT2D eigenvalue weighted by Crippen LogP contribution is -2.00. The highest BCUT2D eigenvalue weighted by molar-refractivity contribution is 5.29.